The summed E-state index contributed by atoms with van der Waals surface area (Å²) in [7, 11) is 0. The van der Waals surface area contributed by atoms with E-state index < -0.39 is 6.04 Å². The van der Waals surface area contributed by atoms with Gasteiger partial charge in [-0.25, -0.2) is 4.39 Å². The molecular formula is C28H29Cl2FN2O2. The molecule has 3 aromatic carbocycles. The van der Waals surface area contributed by atoms with Crippen molar-refractivity contribution in [2.45, 2.75) is 51.7 Å². The molecule has 0 bridgehead atoms. The molecule has 0 aliphatic heterocycles. The zero-order valence-corrected chi connectivity index (χ0v) is 21.3. The summed E-state index contributed by atoms with van der Waals surface area (Å²) in [5.41, 5.74) is 2.35. The van der Waals surface area contributed by atoms with Gasteiger partial charge in [-0.2, -0.15) is 0 Å². The van der Waals surface area contributed by atoms with Gasteiger partial charge < -0.3 is 10.2 Å². The quantitative estimate of drug-likeness (QED) is 0.348. The van der Waals surface area contributed by atoms with Crippen LogP contribution in [0.1, 0.15) is 37.0 Å². The van der Waals surface area contributed by atoms with E-state index in [9.17, 15) is 14.0 Å². The Balaban J connectivity index is 1.97. The first-order valence-corrected chi connectivity index (χ1v) is 12.3. The van der Waals surface area contributed by atoms with Crippen molar-refractivity contribution in [1.29, 1.82) is 0 Å². The van der Waals surface area contributed by atoms with Gasteiger partial charge in [0, 0.05) is 19.0 Å². The molecule has 184 valence electrons. The molecule has 0 fully saturated rings. The summed E-state index contributed by atoms with van der Waals surface area (Å²) in [5, 5.41) is 3.79. The Morgan fingerprint density at radius 1 is 0.914 bits per heavy atom. The average Bonchev–Trinajstić information content (AvgIpc) is 2.85. The first-order valence-electron chi connectivity index (χ1n) is 11.6. The minimum absolute atomic E-state index is 0.0417. The fraction of sp³-hybridized carbons (Fsp3) is 0.286. The minimum Gasteiger partial charge on any atom is -0.352 e. The fourth-order valence-corrected chi connectivity index (χ4v) is 4.03. The number of nitrogens with zero attached hydrogens (tertiary/aromatic N) is 1. The third kappa shape index (κ3) is 7.81. The van der Waals surface area contributed by atoms with Crippen molar-refractivity contribution < 1.29 is 14.0 Å². The van der Waals surface area contributed by atoms with Crippen molar-refractivity contribution in [3.63, 3.8) is 0 Å². The standard InChI is InChI=1S/C28H29Cl2FN2O2/c1-3-19(2)32-28(35)26(16-20-7-5-4-6-8-20)33(18-21-9-12-23(31)13-10-21)27(34)17-22-11-14-24(29)25(30)15-22/h4-15,19,26H,3,16-18H2,1-2H3,(H,32,35)/t19-,26-/m1/s1. The third-order valence-corrected chi connectivity index (χ3v) is 6.62. The van der Waals surface area contributed by atoms with Gasteiger partial charge in [-0.15, -0.1) is 0 Å². The van der Waals surface area contributed by atoms with Crippen LogP contribution in [0.2, 0.25) is 10.0 Å². The number of hydrogen-bond donors (Lipinski definition) is 1. The highest BCUT2D eigenvalue weighted by molar-refractivity contribution is 6.42. The van der Waals surface area contributed by atoms with Crippen molar-refractivity contribution in [3.8, 4) is 0 Å². The van der Waals surface area contributed by atoms with Crippen molar-refractivity contribution in [2.24, 2.45) is 0 Å². The lowest BCUT2D eigenvalue weighted by atomic mass is 10.0. The van der Waals surface area contributed by atoms with Crippen LogP contribution in [0.4, 0.5) is 4.39 Å². The third-order valence-electron chi connectivity index (χ3n) is 5.88. The predicted octanol–water partition coefficient (Wildman–Crippen LogP) is 6.23. The monoisotopic (exact) mass is 514 g/mol. The van der Waals surface area contributed by atoms with Gasteiger partial charge in [-0.3, -0.25) is 9.59 Å². The van der Waals surface area contributed by atoms with Crippen LogP contribution in [0.15, 0.2) is 72.8 Å². The molecule has 3 rings (SSSR count). The highest BCUT2D eigenvalue weighted by Gasteiger charge is 2.31. The smallest absolute Gasteiger partial charge is 0.243 e. The molecule has 0 aliphatic carbocycles. The van der Waals surface area contributed by atoms with Crippen molar-refractivity contribution in [1.82, 2.24) is 10.2 Å². The van der Waals surface area contributed by atoms with Crippen LogP contribution in [0.25, 0.3) is 0 Å². The van der Waals surface area contributed by atoms with E-state index >= 15 is 0 Å². The van der Waals surface area contributed by atoms with Gasteiger partial charge in [0.05, 0.1) is 16.5 Å². The molecule has 0 heterocycles. The van der Waals surface area contributed by atoms with Crippen LogP contribution in [0.5, 0.6) is 0 Å². The molecule has 2 atom stereocenters. The summed E-state index contributed by atoms with van der Waals surface area (Å²) in [4.78, 5) is 28.7. The van der Waals surface area contributed by atoms with Gasteiger partial charge in [0.15, 0.2) is 0 Å². The molecular weight excluding hydrogens is 486 g/mol. The summed E-state index contributed by atoms with van der Waals surface area (Å²) in [5.74, 6) is -0.835. The zero-order valence-electron chi connectivity index (χ0n) is 19.8. The molecule has 0 saturated carbocycles. The minimum atomic E-state index is -0.758. The number of nitrogens with one attached hydrogen (secondary N) is 1. The van der Waals surface area contributed by atoms with E-state index in [1.165, 1.54) is 12.1 Å². The molecule has 3 aromatic rings. The summed E-state index contributed by atoms with van der Waals surface area (Å²) in [6.07, 6.45) is 1.15. The molecule has 2 amide bonds. The Morgan fingerprint density at radius 3 is 2.20 bits per heavy atom. The first kappa shape index (κ1) is 26.7. The lowest BCUT2D eigenvalue weighted by Gasteiger charge is -2.32. The molecule has 1 N–H and O–H groups in total. The van der Waals surface area contributed by atoms with Gasteiger partial charge in [0.1, 0.15) is 11.9 Å². The first-order chi connectivity index (χ1) is 16.8. The number of benzene rings is 3. The molecule has 0 saturated heterocycles. The van der Waals surface area contributed by atoms with Gasteiger partial charge in [-0.1, -0.05) is 78.7 Å². The number of halogens is 3. The van der Waals surface area contributed by atoms with E-state index in [2.05, 4.69) is 5.32 Å². The van der Waals surface area contributed by atoms with E-state index in [1.54, 1.807) is 35.2 Å². The number of carbonyl (C=O) groups excluding carboxylic acids is 2. The van der Waals surface area contributed by atoms with Crippen LogP contribution >= 0.6 is 23.2 Å². The Morgan fingerprint density at radius 2 is 1.57 bits per heavy atom. The molecule has 0 aliphatic rings. The Bertz CT molecular complexity index is 1140. The van der Waals surface area contributed by atoms with E-state index in [1.807, 2.05) is 44.2 Å². The Kier molecular flexibility index (Phi) is 9.70. The van der Waals surface area contributed by atoms with E-state index in [0.717, 1.165) is 17.5 Å². The lowest BCUT2D eigenvalue weighted by molar-refractivity contribution is -0.141. The van der Waals surface area contributed by atoms with E-state index in [4.69, 9.17) is 23.2 Å². The van der Waals surface area contributed by atoms with Crippen LogP contribution in [0, 0.1) is 5.82 Å². The topological polar surface area (TPSA) is 49.4 Å². The van der Waals surface area contributed by atoms with Crippen LogP contribution < -0.4 is 5.32 Å². The maximum absolute atomic E-state index is 13.7. The fourth-order valence-electron chi connectivity index (χ4n) is 3.71. The van der Waals surface area contributed by atoms with Crippen molar-refractivity contribution >= 4 is 35.0 Å². The second kappa shape index (κ2) is 12.7. The van der Waals surface area contributed by atoms with E-state index in [0.29, 0.717) is 22.0 Å². The molecule has 0 spiro atoms. The van der Waals surface area contributed by atoms with Crippen LogP contribution in [0.3, 0.4) is 0 Å². The second-order valence-electron chi connectivity index (χ2n) is 8.60. The summed E-state index contributed by atoms with van der Waals surface area (Å²) < 4.78 is 13.5. The number of hydrogen-bond acceptors (Lipinski definition) is 2. The Hall–Kier alpha value is -2.89. The van der Waals surface area contributed by atoms with Gasteiger partial charge in [0.2, 0.25) is 11.8 Å². The molecule has 0 radical (unpaired) electrons. The number of carbonyl (C=O) groups is 2. The molecule has 4 nitrogen and oxygen atoms in total. The summed E-state index contributed by atoms with van der Waals surface area (Å²) in [6.45, 7) is 4.08. The van der Waals surface area contributed by atoms with Crippen LogP contribution in [-0.2, 0) is 29.0 Å². The number of rotatable bonds is 10. The molecule has 0 unspecified atom stereocenters. The largest absolute Gasteiger partial charge is 0.352 e. The maximum atomic E-state index is 13.7. The lowest BCUT2D eigenvalue weighted by Crippen LogP contribution is -2.52. The van der Waals surface area contributed by atoms with Gasteiger partial charge in [0.25, 0.3) is 0 Å². The summed E-state index contributed by atoms with van der Waals surface area (Å²) >= 11 is 12.2. The van der Waals surface area contributed by atoms with E-state index in [-0.39, 0.29) is 36.6 Å². The zero-order chi connectivity index (χ0) is 25.4. The van der Waals surface area contributed by atoms with Crippen molar-refractivity contribution in [2.75, 3.05) is 0 Å². The summed E-state index contributed by atoms with van der Waals surface area (Å²) in [6, 6.07) is 19.8. The predicted molar refractivity (Wildman–Crippen MR) is 139 cm³/mol. The number of amides is 2. The van der Waals surface area contributed by atoms with Gasteiger partial charge >= 0.3 is 0 Å². The van der Waals surface area contributed by atoms with Gasteiger partial charge in [-0.05, 0) is 54.3 Å². The second-order valence-corrected chi connectivity index (χ2v) is 9.41. The average molecular weight is 515 g/mol. The van der Waals surface area contributed by atoms with Crippen molar-refractivity contribution in [3.05, 3.63) is 105 Å². The highest BCUT2D eigenvalue weighted by atomic mass is 35.5. The normalized spacial score (nSPS) is 12.6. The molecule has 35 heavy (non-hydrogen) atoms. The molecule has 0 aromatic heterocycles. The maximum Gasteiger partial charge on any atom is 0.243 e. The SMILES string of the molecule is CC[C@@H](C)NC(=O)[C@@H](Cc1ccccc1)N(Cc1ccc(F)cc1)C(=O)Cc1ccc(Cl)c(Cl)c1. The van der Waals surface area contributed by atoms with Crippen LogP contribution in [-0.4, -0.2) is 28.8 Å². The Labute approximate surface area is 216 Å². The highest BCUT2D eigenvalue weighted by Crippen LogP contribution is 2.24. The molecule has 7 heteroatoms.